The number of aromatic hydroxyl groups is 1. The normalized spacial score (nSPS) is 10.6. The first-order valence-corrected chi connectivity index (χ1v) is 4.98. The third-order valence-electron chi connectivity index (χ3n) is 2.30. The molecule has 2 N–H and O–H groups in total. The maximum atomic E-state index is 11.0. The second-order valence-corrected chi connectivity index (χ2v) is 3.73. The molecule has 2 aromatic rings. The van der Waals surface area contributed by atoms with E-state index in [0.717, 1.165) is 5.56 Å². The Balaban J connectivity index is 2.13. The van der Waals surface area contributed by atoms with Crippen molar-refractivity contribution >= 4 is 17.3 Å². The summed E-state index contributed by atoms with van der Waals surface area (Å²) in [6, 6.07) is 7.12. The number of hydrogen-bond donors (Lipinski definition) is 2. The molecule has 0 unspecified atom stereocenters. The molecule has 0 aliphatic carbocycles. The summed E-state index contributed by atoms with van der Waals surface area (Å²) in [5.41, 5.74) is -0.784. The molecule has 0 amide bonds. The Hall–Kier alpha value is -1.81. The first-order valence-electron chi connectivity index (χ1n) is 4.61. The lowest BCUT2D eigenvalue weighted by atomic mass is 10.2. The Morgan fingerprint density at radius 2 is 1.88 bits per heavy atom. The fourth-order valence-electron chi connectivity index (χ4n) is 1.37. The lowest BCUT2D eigenvalue weighted by Crippen LogP contribution is -2.33. The lowest BCUT2D eigenvalue weighted by molar-refractivity contribution is 0.465. The molecule has 82 valence electrons. The summed E-state index contributed by atoms with van der Waals surface area (Å²) in [6.07, 6.45) is 0. The van der Waals surface area contributed by atoms with Crippen LogP contribution >= 0.6 is 11.6 Å². The summed E-state index contributed by atoms with van der Waals surface area (Å²) < 4.78 is 0. The van der Waals surface area contributed by atoms with Crippen molar-refractivity contribution in [3.05, 3.63) is 55.3 Å². The second kappa shape index (κ2) is 3.98. The summed E-state index contributed by atoms with van der Waals surface area (Å²) in [6.45, 7) is 0.290. The first-order chi connectivity index (χ1) is 7.61. The van der Waals surface area contributed by atoms with Crippen molar-refractivity contribution in [2.24, 2.45) is 0 Å². The van der Waals surface area contributed by atoms with E-state index < -0.39 is 16.6 Å². The summed E-state index contributed by atoms with van der Waals surface area (Å²) in [5.74, 6) is -0.503. The third kappa shape index (κ3) is 1.67. The van der Waals surface area contributed by atoms with Crippen LogP contribution < -0.4 is 16.2 Å². The lowest BCUT2D eigenvalue weighted by Gasteiger charge is -2.09. The number of rotatable bonds is 3. The number of nitrogens with one attached hydrogen (secondary N) is 1. The van der Waals surface area contributed by atoms with Crippen LogP contribution in [-0.4, -0.2) is 5.11 Å². The highest BCUT2D eigenvalue weighted by atomic mass is 35.5. The standard InChI is InChI=1S/C11H8ClNO3/c12-7-4-2-1-3-6(7)5-13-8-9(14)11(16)10(8)15/h1-4,13-14H,5H2. The van der Waals surface area contributed by atoms with E-state index in [0.29, 0.717) is 5.02 Å². The van der Waals surface area contributed by atoms with Gasteiger partial charge in [-0.05, 0) is 11.6 Å². The van der Waals surface area contributed by atoms with Crippen LogP contribution in [0.2, 0.25) is 5.02 Å². The van der Waals surface area contributed by atoms with Gasteiger partial charge in [0.1, 0.15) is 5.69 Å². The van der Waals surface area contributed by atoms with Crippen molar-refractivity contribution in [2.45, 2.75) is 6.54 Å². The molecular formula is C11H8ClNO3. The molecular weight excluding hydrogens is 230 g/mol. The molecule has 4 nitrogen and oxygen atoms in total. The van der Waals surface area contributed by atoms with Crippen LogP contribution in [0.15, 0.2) is 33.9 Å². The van der Waals surface area contributed by atoms with Crippen LogP contribution in [0.5, 0.6) is 5.75 Å². The van der Waals surface area contributed by atoms with Gasteiger partial charge < -0.3 is 10.4 Å². The highest BCUT2D eigenvalue weighted by Gasteiger charge is 2.19. The van der Waals surface area contributed by atoms with Gasteiger partial charge in [-0.3, -0.25) is 9.59 Å². The van der Waals surface area contributed by atoms with E-state index in [1.165, 1.54) is 0 Å². The summed E-state index contributed by atoms with van der Waals surface area (Å²) >= 11 is 5.90. The molecule has 0 saturated heterocycles. The zero-order valence-electron chi connectivity index (χ0n) is 8.16. The van der Waals surface area contributed by atoms with Crippen LogP contribution in [0.1, 0.15) is 5.56 Å². The van der Waals surface area contributed by atoms with Gasteiger partial charge in [-0.15, -0.1) is 0 Å². The topological polar surface area (TPSA) is 66.4 Å². The first kappa shape index (κ1) is 10.7. The van der Waals surface area contributed by atoms with Crippen LogP contribution in [-0.2, 0) is 6.54 Å². The van der Waals surface area contributed by atoms with Gasteiger partial charge in [-0.25, -0.2) is 0 Å². The molecule has 0 heterocycles. The quantitative estimate of drug-likeness (QED) is 0.789. The zero-order chi connectivity index (χ0) is 11.7. The minimum absolute atomic E-state index is 0.0371. The van der Waals surface area contributed by atoms with E-state index in [4.69, 9.17) is 16.7 Å². The van der Waals surface area contributed by atoms with Crippen molar-refractivity contribution in [1.29, 1.82) is 0 Å². The highest BCUT2D eigenvalue weighted by Crippen LogP contribution is 2.19. The van der Waals surface area contributed by atoms with Gasteiger partial charge in [-0.2, -0.15) is 0 Å². The molecule has 0 aliphatic heterocycles. The zero-order valence-corrected chi connectivity index (χ0v) is 8.91. The van der Waals surface area contributed by atoms with E-state index in [1.54, 1.807) is 18.2 Å². The third-order valence-corrected chi connectivity index (χ3v) is 2.67. The largest absolute Gasteiger partial charge is 0.502 e. The molecule has 0 radical (unpaired) electrons. The molecule has 16 heavy (non-hydrogen) atoms. The molecule has 0 fully saturated rings. The maximum Gasteiger partial charge on any atom is 0.271 e. The minimum atomic E-state index is -0.846. The highest BCUT2D eigenvalue weighted by molar-refractivity contribution is 6.31. The van der Waals surface area contributed by atoms with Gasteiger partial charge in [0, 0.05) is 11.6 Å². The Kier molecular flexibility index (Phi) is 2.66. The van der Waals surface area contributed by atoms with Gasteiger partial charge >= 0.3 is 0 Å². The average molecular weight is 238 g/mol. The molecule has 0 atom stereocenters. The monoisotopic (exact) mass is 237 g/mol. The summed E-state index contributed by atoms with van der Waals surface area (Å²) in [4.78, 5) is 21.7. The van der Waals surface area contributed by atoms with Gasteiger partial charge in [0.05, 0.1) is 0 Å². The van der Waals surface area contributed by atoms with Crippen LogP contribution in [0.25, 0.3) is 0 Å². The van der Waals surface area contributed by atoms with Gasteiger partial charge in [0.25, 0.3) is 10.9 Å². The molecule has 2 aromatic carbocycles. The Morgan fingerprint density at radius 1 is 1.19 bits per heavy atom. The van der Waals surface area contributed by atoms with Crippen LogP contribution in [0.3, 0.4) is 0 Å². The Labute approximate surface area is 95.8 Å². The van der Waals surface area contributed by atoms with Gasteiger partial charge in [0.2, 0.25) is 0 Å². The summed E-state index contributed by atoms with van der Waals surface area (Å²) in [5, 5.41) is 12.4. The molecule has 0 aliphatic rings. The fourth-order valence-corrected chi connectivity index (χ4v) is 1.57. The molecule has 0 spiro atoms. The van der Waals surface area contributed by atoms with Crippen LogP contribution in [0, 0.1) is 0 Å². The van der Waals surface area contributed by atoms with Crippen molar-refractivity contribution in [1.82, 2.24) is 0 Å². The molecule has 0 bridgehead atoms. The number of hydrogen-bond acceptors (Lipinski definition) is 4. The number of anilines is 1. The molecule has 2 rings (SSSR count). The van der Waals surface area contributed by atoms with Gasteiger partial charge in [-0.1, -0.05) is 29.8 Å². The van der Waals surface area contributed by atoms with E-state index in [-0.39, 0.29) is 12.2 Å². The number of benzene rings is 1. The molecule has 0 saturated carbocycles. The SMILES string of the molecule is O=c1c(O)c(NCc2ccccc2Cl)c1=O. The Bertz CT molecular complexity index is 599. The molecule has 5 heteroatoms. The van der Waals surface area contributed by atoms with Crippen molar-refractivity contribution in [3.63, 3.8) is 0 Å². The Morgan fingerprint density at radius 3 is 2.50 bits per heavy atom. The predicted molar refractivity (Wildman–Crippen MR) is 61.8 cm³/mol. The number of halogens is 1. The van der Waals surface area contributed by atoms with Crippen molar-refractivity contribution in [2.75, 3.05) is 5.32 Å². The van der Waals surface area contributed by atoms with Crippen LogP contribution in [0.4, 0.5) is 5.69 Å². The fraction of sp³-hybridized carbons (Fsp3) is 0.0909. The van der Waals surface area contributed by atoms with E-state index in [9.17, 15) is 9.59 Å². The van der Waals surface area contributed by atoms with Crippen molar-refractivity contribution < 1.29 is 5.11 Å². The second-order valence-electron chi connectivity index (χ2n) is 3.33. The van der Waals surface area contributed by atoms with E-state index >= 15 is 0 Å². The van der Waals surface area contributed by atoms with Crippen molar-refractivity contribution in [3.8, 4) is 5.75 Å². The average Bonchev–Trinajstić information content (AvgIpc) is 2.31. The predicted octanol–water partition coefficient (Wildman–Crippen LogP) is 1.25. The smallest absolute Gasteiger partial charge is 0.271 e. The summed E-state index contributed by atoms with van der Waals surface area (Å²) in [7, 11) is 0. The maximum absolute atomic E-state index is 11.0. The van der Waals surface area contributed by atoms with E-state index in [2.05, 4.69) is 5.32 Å². The van der Waals surface area contributed by atoms with E-state index in [1.807, 2.05) is 6.07 Å². The molecule has 0 aromatic heterocycles. The minimum Gasteiger partial charge on any atom is -0.502 e. The van der Waals surface area contributed by atoms with Gasteiger partial charge in [0.15, 0.2) is 5.75 Å².